The molecule has 2 aromatic rings. The van der Waals surface area contributed by atoms with Crippen molar-refractivity contribution in [2.45, 2.75) is 6.92 Å². The number of nitrogens with zero attached hydrogens (tertiary/aromatic N) is 1. The average molecular weight is 444 g/mol. The van der Waals surface area contributed by atoms with Gasteiger partial charge >= 0.3 is 0 Å². The number of rotatable bonds is 7. The Balaban J connectivity index is 2.22. The van der Waals surface area contributed by atoms with Crippen LogP contribution < -0.4 is 20.5 Å². The first-order chi connectivity index (χ1) is 13.3. The number of ether oxygens (including phenoxy) is 2. The van der Waals surface area contributed by atoms with Crippen LogP contribution in [0.3, 0.4) is 0 Å². The number of amides is 2. The van der Waals surface area contributed by atoms with Gasteiger partial charge in [0.25, 0.3) is 11.8 Å². The van der Waals surface area contributed by atoms with Gasteiger partial charge in [-0.15, -0.1) is 0 Å². The molecule has 3 N–H and O–H groups in total. The van der Waals surface area contributed by atoms with Crippen molar-refractivity contribution >= 4 is 39.5 Å². The molecule has 0 aliphatic heterocycles. The maximum Gasteiger partial charge on any atom is 0.266 e. The second-order valence-electron chi connectivity index (χ2n) is 5.77. The zero-order valence-electron chi connectivity index (χ0n) is 15.3. The summed E-state index contributed by atoms with van der Waals surface area (Å²) in [4.78, 5) is 23.3. The summed E-state index contributed by atoms with van der Waals surface area (Å²) in [5, 5.41) is 12.1. The lowest BCUT2D eigenvalue weighted by Crippen LogP contribution is -2.20. The van der Waals surface area contributed by atoms with E-state index in [9.17, 15) is 14.9 Å². The highest BCUT2D eigenvalue weighted by Gasteiger charge is 2.13. The predicted octanol–water partition coefficient (Wildman–Crippen LogP) is 3.18. The maximum atomic E-state index is 12.5. The second-order valence-corrected chi connectivity index (χ2v) is 6.63. The minimum Gasteiger partial charge on any atom is -0.495 e. The summed E-state index contributed by atoms with van der Waals surface area (Å²) in [5.41, 5.74) is 6.98. The van der Waals surface area contributed by atoms with Crippen LogP contribution in [0.4, 0.5) is 5.69 Å². The molecular weight excluding hydrogens is 426 g/mol. The molecule has 0 fully saturated rings. The van der Waals surface area contributed by atoms with Gasteiger partial charge in [0.05, 0.1) is 17.3 Å². The Morgan fingerprint density at radius 2 is 1.96 bits per heavy atom. The Kier molecular flexibility index (Phi) is 7.18. The number of aryl methyl sites for hydroxylation is 1. The molecule has 0 aliphatic carbocycles. The van der Waals surface area contributed by atoms with Gasteiger partial charge in [-0.25, -0.2) is 0 Å². The number of hydrogen-bond acceptors (Lipinski definition) is 5. The molecule has 0 spiro atoms. The third-order valence-corrected chi connectivity index (χ3v) is 4.22. The highest BCUT2D eigenvalue weighted by atomic mass is 79.9. The highest BCUT2D eigenvalue weighted by molar-refractivity contribution is 9.10. The SMILES string of the molecule is COc1ccc(C)cc1NC(=O)/C(C#N)=C/c1ccc(OCC(N)=O)c(Br)c1. The van der Waals surface area contributed by atoms with Crippen molar-refractivity contribution < 1.29 is 19.1 Å². The fourth-order valence-corrected chi connectivity index (χ4v) is 2.81. The van der Waals surface area contributed by atoms with Crippen molar-refractivity contribution in [2.75, 3.05) is 19.0 Å². The molecule has 0 unspecified atom stereocenters. The number of benzene rings is 2. The van der Waals surface area contributed by atoms with Gasteiger partial charge in [-0.2, -0.15) is 5.26 Å². The molecule has 2 amide bonds. The van der Waals surface area contributed by atoms with E-state index in [0.29, 0.717) is 27.2 Å². The molecule has 144 valence electrons. The first-order valence-electron chi connectivity index (χ1n) is 8.12. The molecule has 0 saturated carbocycles. The van der Waals surface area contributed by atoms with Crippen LogP contribution in [0.1, 0.15) is 11.1 Å². The van der Waals surface area contributed by atoms with Gasteiger partial charge in [0.15, 0.2) is 6.61 Å². The summed E-state index contributed by atoms with van der Waals surface area (Å²) in [6, 6.07) is 12.2. The minimum atomic E-state index is -0.592. The number of nitrogens with one attached hydrogen (secondary N) is 1. The summed E-state index contributed by atoms with van der Waals surface area (Å²) >= 11 is 3.32. The second kappa shape index (κ2) is 9.58. The number of carbonyl (C=O) groups is 2. The third kappa shape index (κ3) is 5.59. The molecule has 8 heteroatoms. The molecule has 0 aromatic heterocycles. The summed E-state index contributed by atoms with van der Waals surface area (Å²) in [5.74, 6) is -0.235. The lowest BCUT2D eigenvalue weighted by molar-refractivity contribution is -0.120. The molecule has 0 saturated heterocycles. The van der Waals surface area contributed by atoms with E-state index >= 15 is 0 Å². The van der Waals surface area contributed by atoms with E-state index in [2.05, 4.69) is 21.2 Å². The smallest absolute Gasteiger partial charge is 0.266 e. The predicted molar refractivity (Wildman–Crippen MR) is 109 cm³/mol. The summed E-state index contributed by atoms with van der Waals surface area (Å²) < 4.78 is 11.0. The summed E-state index contributed by atoms with van der Waals surface area (Å²) in [6.45, 7) is 1.63. The maximum absolute atomic E-state index is 12.5. The van der Waals surface area contributed by atoms with Crippen molar-refractivity contribution in [3.05, 3.63) is 57.6 Å². The van der Waals surface area contributed by atoms with Gasteiger partial charge < -0.3 is 20.5 Å². The van der Waals surface area contributed by atoms with Gasteiger partial charge in [-0.05, 0) is 64.3 Å². The number of halogens is 1. The lowest BCUT2D eigenvalue weighted by atomic mass is 10.1. The number of carbonyl (C=O) groups excluding carboxylic acids is 2. The number of nitrogens with two attached hydrogens (primary N) is 1. The number of primary amides is 1. The highest BCUT2D eigenvalue weighted by Crippen LogP contribution is 2.28. The van der Waals surface area contributed by atoms with Crippen LogP contribution in [0.5, 0.6) is 11.5 Å². The van der Waals surface area contributed by atoms with Crippen LogP contribution in [-0.4, -0.2) is 25.5 Å². The topological polar surface area (TPSA) is 114 Å². The first kappa shape index (κ1) is 21.0. The third-order valence-electron chi connectivity index (χ3n) is 3.61. The average Bonchev–Trinajstić information content (AvgIpc) is 2.65. The number of anilines is 1. The molecule has 0 bridgehead atoms. The van der Waals surface area contributed by atoms with E-state index in [1.54, 1.807) is 30.3 Å². The number of nitriles is 1. The van der Waals surface area contributed by atoms with Crippen LogP contribution in [0.2, 0.25) is 0 Å². The van der Waals surface area contributed by atoms with Gasteiger partial charge in [-0.3, -0.25) is 9.59 Å². The minimum absolute atomic E-state index is 0.0822. The first-order valence-corrected chi connectivity index (χ1v) is 8.91. The molecule has 2 aromatic carbocycles. The van der Waals surface area contributed by atoms with E-state index in [1.807, 2.05) is 19.1 Å². The lowest BCUT2D eigenvalue weighted by Gasteiger charge is -2.11. The zero-order valence-corrected chi connectivity index (χ0v) is 16.9. The van der Waals surface area contributed by atoms with Crippen LogP contribution in [0.15, 0.2) is 46.4 Å². The van der Waals surface area contributed by atoms with Crippen molar-refractivity contribution in [3.8, 4) is 17.6 Å². The largest absolute Gasteiger partial charge is 0.495 e. The monoisotopic (exact) mass is 443 g/mol. The summed E-state index contributed by atoms with van der Waals surface area (Å²) in [6.07, 6.45) is 1.44. The molecule has 0 atom stereocenters. The fraction of sp³-hybridized carbons (Fsp3) is 0.150. The molecular formula is C20H18BrN3O4. The van der Waals surface area contributed by atoms with Crippen LogP contribution in [0.25, 0.3) is 6.08 Å². The van der Waals surface area contributed by atoms with Crippen LogP contribution in [0, 0.1) is 18.3 Å². The Hall–Kier alpha value is -3.31. The van der Waals surface area contributed by atoms with Crippen molar-refractivity contribution in [3.63, 3.8) is 0 Å². The quantitative estimate of drug-likeness (QED) is 0.503. The molecule has 0 aliphatic rings. The zero-order chi connectivity index (χ0) is 20.7. The van der Waals surface area contributed by atoms with E-state index in [0.717, 1.165) is 5.56 Å². The van der Waals surface area contributed by atoms with Gasteiger partial charge in [0.2, 0.25) is 0 Å². The number of hydrogen-bond donors (Lipinski definition) is 2. The number of methoxy groups -OCH3 is 1. The Morgan fingerprint density at radius 1 is 1.25 bits per heavy atom. The molecule has 0 radical (unpaired) electrons. The van der Waals surface area contributed by atoms with Crippen LogP contribution in [-0.2, 0) is 9.59 Å². The van der Waals surface area contributed by atoms with Gasteiger partial charge in [-0.1, -0.05) is 12.1 Å². The van der Waals surface area contributed by atoms with E-state index in [4.69, 9.17) is 15.2 Å². The van der Waals surface area contributed by atoms with E-state index in [-0.39, 0.29) is 12.2 Å². The fourth-order valence-electron chi connectivity index (χ4n) is 2.30. The van der Waals surface area contributed by atoms with E-state index in [1.165, 1.54) is 13.2 Å². The Bertz CT molecular complexity index is 980. The molecule has 7 nitrogen and oxygen atoms in total. The standard InChI is InChI=1S/C20H18BrN3O4/c1-12-3-5-18(27-2)16(7-12)24-20(26)14(10-22)8-13-4-6-17(15(21)9-13)28-11-19(23)25/h3-9H,11H2,1-2H3,(H2,23,25)(H,24,26)/b14-8+. The molecule has 28 heavy (non-hydrogen) atoms. The Labute approximate surface area is 170 Å². The van der Waals surface area contributed by atoms with E-state index < -0.39 is 11.8 Å². The van der Waals surface area contributed by atoms with Crippen LogP contribution >= 0.6 is 15.9 Å². The molecule has 2 rings (SSSR count). The van der Waals surface area contributed by atoms with Crippen molar-refractivity contribution in [1.82, 2.24) is 0 Å². The molecule has 0 heterocycles. The van der Waals surface area contributed by atoms with Gasteiger partial charge in [0, 0.05) is 0 Å². The Morgan fingerprint density at radius 3 is 2.57 bits per heavy atom. The van der Waals surface area contributed by atoms with Crippen molar-refractivity contribution in [1.29, 1.82) is 5.26 Å². The van der Waals surface area contributed by atoms with Crippen molar-refractivity contribution in [2.24, 2.45) is 5.73 Å². The normalized spacial score (nSPS) is 10.7. The van der Waals surface area contributed by atoms with Gasteiger partial charge in [0.1, 0.15) is 23.1 Å². The summed E-state index contributed by atoms with van der Waals surface area (Å²) in [7, 11) is 1.50.